The topological polar surface area (TPSA) is 56.7 Å². The molecule has 0 radical (unpaired) electrons. The van der Waals surface area contributed by atoms with Gasteiger partial charge in [0.15, 0.2) is 5.82 Å². The fourth-order valence-electron chi connectivity index (χ4n) is 3.83. The SMILES string of the molecule is COc1ccc(CN(Cc2cnc(-c3ccc(OC)cc3)nc2)C[C@@H]2CCCO2)cc1. The van der Waals surface area contributed by atoms with E-state index in [9.17, 15) is 0 Å². The summed E-state index contributed by atoms with van der Waals surface area (Å²) in [6.45, 7) is 3.37. The van der Waals surface area contributed by atoms with Crippen molar-refractivity contribution in [2.45, 2.75) is 32.0 Å². The number of hydrogen-bond donors (Lipinski definition) is 0. The second-order valence-electron chi connectivity index (χ2n) is 7.80. The summed E-state index contributed by atoms with van der Waals surface area (Å²) in [6.07, 6.45) is 6.39. The van der Waals surface area contributed by atoms with Crippen LogP contribution < -0.4 is 9.47 Å². The van der Waals surface area contributed by atoms with E-state index in [1.165, 1.54) is 5.56 Å². The van der Waals surface area contributed by atoms with Crippen molar-refractivity contribution in [2.75, 3.05) is 27.4 Å². The molecule has 1 aromatic heterocycles. The van der Waals surface area contributed by atoms with Gasteiger partial charge in [0.1, 0.15) is 11.5 Å². The van der Waals surface area contributed by atoms with Gasteiger partial charge in [-0.3, -0.25) is 4.90 Å². The van der Waals surface area contributed by atoms with Crippen LogP contribution in [0.25, 0.3) is 11.4 Å². The van der Waals surface area contributed by atoms with Crippen molar-refractivity contribution in [1.82, 2.24) is 14.9 Å². The van der Waals surface area contributed by atoms with Gasteiger partial charge in [-0.2, -0.15) is 0 Å². The molecule has 4 rings (SSSR count). The van der Waals surface area contributed by atoms with Gasteiger partial charge in [0, 0.05) is 49.8 Å². The summed E-state index contributed by atoms with van der Waals surface area (Å²) < 4.78 is 16.4. The number of ether oxygens (including phenoxy) is 3. The Morgan fingerprint density at radius 2 is 1.48 bits per heavy atom. The summed E-state index contributed by atoms with van der Waals surface area (Å²) in [7, 11) is 3.35. The highest BCUT2D eigenvalue weighted by Crippen LogP contribution is 2.21. The Hall–Kier alpha value is -2.96. The number of aromatic nitrogens is 2. The Kier molecular flexibility index (Phi) is 7.12. The van der Waals surface area contributed by atoms with E-state index in [1.807, 2.05) is 48.8 Å². The van der Waals surface area contributed by atoms with Crippen LogP contribution in [0.2, 0.25) is 0 Å². The third-order valence-electron chi connectivity index (χ3n) is 5.51. The van der Waals surface area contributed by atoms with E-state index in [-0.39, 0.29) is 6.10 Å². The zero-order valence-corrected chi connectivity index (χ0v) is 18.2. The van der Waals surface area contributed by atoms with Crippen LogP contribution in [0.15, 0.2) is 60.9 Å². The summed E-state index contributed by atoms with van der Waals surface area (Å²) in [5.74, 6) is 2.41. The molecule has 1 aliphatic rings. The molecule has 0 bridgehead atoms. The molecule has 3 aromatic rings. The number of rotatable bonds is 9. The maximum Gasteiger partial charge on any atom is 0.159 e. The lowest BCUT2D eigenvalue weighted by Gasteiger charge is -2.25. The molecule has 162 valence electrons. The lowest BCUT2D eigenvalue weighted by atomic mass is 10.1. The molecule has 2 aromatic carbocycles. The Morgan fingerprint density at radius 3 is 2.06 bits per heavy atom. The quantitative estimate of drug-likeness (QED) is 0.514. The maximum absolute atomic E-state index is 5.89. The predicted octanol–water partition coefficient (Wildman–Crippen LogP) is 4.34. The van der Waals surface area contributed by atoms with E-state index in [2.05, 4.69) is 27.0 Å². The molecule has 0 amide bonds. The molecule has 1 aliphatic heterocycles. The first-order valence-corrected chi connectivity index (χ1v) is 10.7. The summed E-state index contributed by atoms with van der Waals surface area (Å²) in [5.41, 5.74) is 3.31. The van der Waals surface area contributed by atoms with Crippen LogP contribution in [0, 0.1) is 0 Å². The van der Waals surface area contributed by atoms with E-state index in [0.717, 1.165) is 61.7 Å². The molecule has 0 aliphatic carbocycles. The van der Waals surface area contributed by atoms with Crippen LogP contribution in [-0.2, 0) is 17.8 Å². The maximum atomic E-state index is 5.89. The Morgan fingerprint density at radius 1 is 0.871 bits per heavy atom. The van der Waals surface area contributed by atoms with Gasteiger partial charge in [-0.05, 0) is 54.8 Å². The van der Waals surface area contributed by atoms with Crippen molar-refractivity contribution in [2.24, 2.45) is 0 Å². The average molecular weight is 420 g/mol. The zero-order valence-electron chi connectivity index (χ0n) is 18.2. The fraction of sp³-hybridized carbons (Fsp3) is 0.360. The van der Waals surface area contributed by atoms with Gasteiger partial charge in [-0.25, -0.2) is 9.97 Å². The zero-order chi connectivity index (χ0) is 21.5. The average Bonchev–Trinajstić information content (AvgIpc) is 3.33. The molecule has 0 saturated carbocycles. The first kappa shape index (κ1) is 21.3. The van der Waals surface area contributed by atoms with Crippen LogP contribution in [0.1, 0.15) is 24.0 Å². The van der Waals surface area contributed by atoms with Crippen molar-refractivity contribution in [3.05, 3.63) is 72.1 Å². The highest BCUT2D eigenvalue weighted by Gasteiger charge is 2.20. The molecule has 1 atom stereocenters. The van der Waals surface area contributed by atoms with E-state index in [1.54, 1.807) is 14.2 Å². The van der Waals surface area contributed by atoms with Crippen molar-refractivity contribution < 1.29 is 14.2 Å². The molecule has 0 spiro atoms. The fourth-order valence-corrected chi connectivity index (χ4v) is 3.83. The van der Waals surface area contributed by atoms with Crippen LogP contribution in [0.5, 0.6) is 11.5 Å². The van der Waals surface area contributed by atoms with Crippen molar-refractivity contribution in [3.63, 3.8) is 0 Å². The largest absolute Gasteiger partial charge is 0.497 e. The highest BCUT2D eigenvalue weighted by atomic mass is 16.5. The Balaban J connectivity index is 1.45. The van der Waals surface area contributed by atoms with E-state index >= 15 is 0 Å². The highest BCUT2D eigenvalue weighted by molar-refractivity contribution is 5.55. The molecule has 6 nitrogen and oxygen atoms in total. The van der Waals surface area contributed by atoms with Crippen molar-refractivity contribution >= 4 is 0 Å². The first-order chi connectivity index (χ1) is 15.2. The lowest BCUT2D eigenvalue weighted by Crippen LogP contribution is -2.31. The predicted molar refractivity (Wildman–Crippen MR) is 120 cm³/mol. The second-order valence-corrected chi connectivity index (χ2v) is 7.80. The molecule has 1 saturated heterocycles. The van der Waals surface area contributed by atoms with Gasteiger partial charge in [0.05, 0.1) is 20.3 Å². The van der Waals surface area contributed by atoms with Crippen LogP contribution in [-0.4, -0.2) is 48.3 Å². The molecular weight excluding hydrogens is 390 g/mol. The minimum atomic E-state index is 0.290. The number of nitrogens with zero attached hydrogens (tertiary/aromatic N) is 3. The summed E-state index contributed by atoms with van der Waals surface area (Å²) >= 11 is 0. The standard InChI is InChI=1S/C25H29N3O3/c1-29-22-9-5-19(6-10-22)16-28(18-24-4-3-13-31-24)17-20-14-26-25(27-15-20)21-7-11-23(30-2)12-8-21/h5-12,14-15,24H,3-4,13,16-18H2,1-2H3/t24-/m0/s1. The molecule has 0 unspecified atom stereocenters. The number of benzene rings is 2. The lowest BCUT2D eigenvalue weighted by molar-refractivity contribution is 0.0678. The smallest absolute Gasteiger partial charge is 0.159 e. The molecule has 0 N–H and O–H groups in total. The monoisotopic (exact) mass is 419 g/mol. The van der Waals surface area contributed by atoms with E-state index < -0.39 is 0 Å². The van der Waals surface area contributed by atoms with Gasteiger partial charge >= 0.3 is 0 Å². The first-order valence-electron chi connectivity index (χ1n) is 10.7. The Bertz CT molecular complexity index is 937. The van der Waals surface area contributed by atoms with Gasteiger partial charge in [0.25, 0.3) is 0 Å². The molecule has 6 heteroatoms. The van der Waals surface area contributed by atoms with Gasteiger partial charge in [-0.1, -0.05) is 12.1 Å². The van der Waals surface area contributed by atoms with Crippen molar-refractivity contribution in [3.8, 4) is 22.9 Å². The second kappa shape index (κ2) is 10.4. The summed E-state index contributed by atoms with van der Waals surface area (Å²) in [6, 6.07) is 16.0. The number of hydrogen-bond acceptors (Lipinski definition) is 6. The molecule has 1 fully saturated rings. The Labute approximate surface area is 183 Å². The van der Waals surface area contributed by atoms with Gasteiger partial charge < -0.3 is 14.2 Å². The van der Waals surface area contributed by atoms with Gasteiger partial charge in [-0.15, -0.1) is 0 Å². The molecule has 31 heavy (non-hydrogen) atoms. The summed E-state index contributed by atoms with van der Waals surface area (Å²) in [4.78, 5) is 11.6. The molecular formula is C25H29N3O3. The third kappa shape index (κ3) is 5.81. The third-order valence-corrected chi connectivity index (χ3v) is 5.51. The van der Waals surface area contributed by atoms with E-state index in [0.29, 0.717) is 5.82 Å². The van der Waals surface area contributed by atoms with Gasteiger partial charge in [0.2, 0.25) is 0 Å². The van der Waals surface area contributed by atoms with Crippen LogP contribution in [0.4, 0.5) is 0 Å². The normalized spacial score (nSPS) is 15.9. The minimum Gasteiger partial charge on any atom is -0.497 e. The van der Waals surface area contributed by atoms with Crippen LogP contribution in [0.3, 0.4) is 0 Å². The number of methoxy groups -OCH3 is 2. The molecule has 2 heterocycles. The van der Waals surface area contributed by atoms with Crippen LogP contribution >= 0.6 is 0 Å². The van der Waals surface area contributed by atoms with E-state index in [4.69, 9.17) is 14.2 Å². The summed E-state index contributed by atoms with van der Waals surface area (Å²) in [5, 5.41) is 0. The van der Waals surface area contributed by atoms with Crippen molar-refractivity contribution in [1.29, 1.82) is 0 Å². The minimum absolute atomic E-state index is 0.290.